The summed E-state index contributed by atoms with van der Waals surface area (Å²) in [6.45, 7) is 0.320. The Morgan fingerprint density at radius 3 is 2.64 bits per heavy atom. The van der Waals surface area contributed by atoms with Gasteiger partial charge in [0.1, 0.15) is 6.04 Å². The molecule has 2 fully saturated rings. The lowest BCUT2D eigenvalue weighted by atomic mass is 10.0. The predicted octanol–water partition coefficient (Wildman–Crippen LogP) is 3.05. The average Bonchev–Trinajstić information content (AvgIpc) is 3.43. The Hall–Kier alpha value is -2.05. The van der Waals surface area contributed by atoms with Gasteiger partial charge in [-0.25, -0.2) is 0 Å². The van der Waals surface area contributed by atoms with Crippen LogP contribution in [0.3, 0.4) is 0 Å². The predicted molar refractivity (Wildman–Crippen MR) is 114 cm³/mol. The van der Waals surface area contributed by atoms with Crippen molar-refractivity contribution in [1.29, 1.82) is 0 Å². The molecule has 4 rings (SSSR count). The summed E-state index contributed by atoms with van der Waals surface area (Å²) in [5.74, 6) is 1.41. The summed E-state index contributed by atoms with van der Waals surface area (Å²) in [6, 6.07) is 13.6. The molecule has 1 saturated heterocycles. The van der Waals surface area contributed by atoms with Crippen LogP contribution < -0.4 is 11.1 Å². The molecule has 148 valence electrons. The second-order valence-electron chi connectivity index (χ2n) is 7.71. The fourth-order valence-electron chi connectivity index (χ4n) is 4.26. The van der Waals surface area contributed by atoms with Crippen molar-refractivity contribution in [3.63, 3.8) is 0 Å². The highest BCUT2D eigenvalue weighted by Gasteiger charge is 2.38. The molecule has 1 aliphatic carbocycles. The molecule has 2 atom stereocenters. The van der Waals surface area contributed by atoms with Crippen LogP contribution in [0.4, 0.5) is 0 Å². The zero-order valence-electron chi connectivity index (χ0n) is 16.0. The Balaban J connectivity index is 1.47. The first-order valence-corrected chi connectivity index (χ1v) is 11.2. The van der Waals surface area contributed by atoms with Crippen LogP contribution in [0.1, 0.15) is 37.3 Å². The maximum atomic E-state index is 13.0. The summed E-state index contributed by atoms with van der Waals surface area (Å²) in [5, 5.41) is 5.38. The van der Waals surface area contributed by atoms with Gasteiger partial charge in [0.15, 0.2) is 0 Å². The molecule has 6 heteroatoms. The van der Waals surface area contributed by atoms with Gasteiger partial charge in [0.25, 0.3) is 0 Å². The lowest BCUT2D eigenvalue weighted by molar-refractivity contribution is -0.141. The van der Waals surface area contributed by atoms with E-state index < -0.39 is 6.04 Å². The zero-order valence-corrected chi connectivity index (χ0v) is 16.8. The average molecular weight is 398 g/mol. The van der Waals surface area contributed by atoms with E-state index in [0.717, 1.165) is 42.0 Å². The van der Waals surface area contributed by atoms with Gasteiger partial charge in [0.05, 0.1) is 11.9 Å². The second kappa shape index (κ2) is 8.53. The summed E-state index contributed by atoms with van der Waals surface area (Å²) in [4.78, 5) is 27.6. The van der Waals surface area contributed by atoms with Gasteiger partial charge < -0.3 is 16.0 Å². The SMILES string of the molecule is NCC(NC(=O)C1CSCN1C(=O)C1CCCC1)c1ccc2ccccc2c1. The Morgan fingerprint density at radius 2 is 1.89 bits per heavy atom. The van der Waals surface area contributed by atoms with Crippen LogP contribution >= 0.6 is 11.8 Å². The largest absolute Gasteiger partial charge is 0.346 e. The lowest BCUT2D eigenvalue weighted by Gasteiger charge is -2.27. The molecule has 28 heavy (non-hydrogen) atoms. The Morgan fingerprint density at radius 1 is 1.14 bits per heavy atom. The molecule has 2 unspecified atom stereocenters. The van der Waals surface area contributed by atoms with Crippen LogP contribution in [0, 0.1) is 5.92 Å². The minimum atomic E-state index is -0.396. The van der Waals surface area contributed by atoms with Gasteiger partial charge >= 0.3 is 0 Å². The van der Waals surface area contributed by atoms with Gasteiger partial charge in [-0.05, 0) is 35.2 Å². The van der Waals surface area contributed by atoms with E-state index in [1.54, 1.807) is 16.7 Å². The molecule has 1 saturated carbocycles. The van der Waals surface area contributed by atoms with Crippen LogP contribution in [-0.2, 0) is 9.59 Å². The van der Waals surface area contributed by atoms with Crippen molar-refractivity contribution in [2.24, 2.45) is 11.7 Å². The minimum absolute atomic E-state index is 0.0970. The molecule has 1 aliphatic heterocycles. The van der Waals surface area contributed by atoms with E-state index >= 15 is 0 Å². The normalized spacial score (nSPS) is 21.2. The third-order valence-corrected chi connectivity index (χ3v) is 6.91. The number of hydrogen-bond donors (Lipinski definition) is 2. The first-order chi connectivity index (χ1) is 13.7. The molecule has 5 nitrogen and oxygen atoms in total. The molecule has 2 aromatic carbocycles. The van der Waals surface area contributed by atoms with Gasteiger partial charge in [-0.3, -0.25) is 9.59 Å². The Bertz CT molecular complexity index is 866. The van der Waals surface area contributed by atoms with Gasteiger partial charge in [-0.1, -0.05) is 49.2 Å². The minimum Gasteiger partial charge on any atom is -0.346 e. The number of nitrogens with one attached hydrogen (secondary N) is 1. The quantitative estimate of drug-likeness (QED) is 0.813. The third kappa shape index (κ3) is 3.89. The van der Waals surface area contributed by atoms with E-state index in [4.69, 9.17) is 5.73 Å². The van der Waals surface area contributed by atoms with Crippen LogP contribution in [-0.4, -0.2) is 40.9 Å². The lowest BCUT2D eigenvalue weighted by Crippen LogP contribution is -2.50. The van der Waals surface area contributed by atoms with Gasteiger partial charge in [-0.15, -0.1) is 11.8 Å². The standard InChI is InChI=1S/C22H27N3O2S/c23-12-19(18-10-9-15-5-1-4-8-17(15)11-18)24-21(26)20-13-28-14-25(20)22(27)16-6-2-3-7-16/h1,4-5,8-11,16,19-20H,2-3,6-7,12-14,23H2,(H,24,26). The summed E-state index contributed by atoms with van der Waals surface area (Å²) in [7, 11) is 0. The number of thioether (sulfide) groups is 1. The molecule has 0 aromatic heterocycles. The van der Waals surface area contributed by atoms with E-state index in [1.165, 1.54) is 0 Å². The summed E-state index contributed by atoms with van der Waals surface area (Å²) in [5.41, 5.74) is 6.98. The van der Waals surface area contributed by atoms with Crippen molar-refractivity contribution in [1.82, 2.24) is 10.2 Å². The molecular weight excluding hydrogens is 370 g/mol. The van der Waals surface area contributed by atoms with Crippen molar-refractivity contribution in [3.05, 3.63) is 48.0 Å². The first kappa shape index (κ1) is 19.3. The monoisotopic (exact) mass is 397 g/mol. The second-order valence-corrected chi connectivity index (χ2v) is 8.71. The Kier molecular flexibility index (Phi) is 5.87. The molecule has 1 heterocycles. The topological polar surface area (TPSA) is 75.4 Å². The number of nitrogens with zero attached hydrogens (tertiary/aromatic N) is 1. The van der Waals surface area contributed by atoms with Crippen LogP contribution in [0.5, 0.6) is 0 Å². The highest BCUT2D eigenvalue weighted by molar-refractivity contribution is 7.99. The van der Waals surface area contributed by atoms with E-state index in [9.17, 15) is 9.59 Å². The van der Waals surface area contributed by atoms with Gasteiger partial charge in [0, 0.05) is 18.2 Å². The van der Waals surface area contributed by atoms with Crippen molar-refractivity contribution < 1.29 is 9.59 Å². The summed E-state index contributed by atoms with van der Waals surface area (Å²) < 4.78 is 0. The number of benzene rings is 2. The van der Waals surface area contributed by atoms with E-state index in [2.05, 4.69) is 29.6 Å². The number of fused-ring (bicyclic) bond motifs is 1. The van der Waals surface area contributed by atoms with Crippen molar-refractivity contribution >= 4 is 34.3 Å². The number of nitrogens with two attached hydrogens (primary N) is 1. The third-order valence-electron chi connectivity index (χ3n) is 5.90. The summed E-state index contributed by atoms with van der Waals surface area (Å²) in [6.07, 6.45) is 4.14. The van der Waals surface area contributed by atoms with Crippen molar-refractivity contribution in [2.75, 3.05) is 18.2 Å². The van der Waals surface area contributed by atoms with Crippen LogP contribution in [0.15, 0.2) is 42.5 Å². The highest BCUT2D eigenvalue weighted by atomic mass is 32.2. The number of carbonyl (C=O) groups excluding carboxylic acids is 2. The van der Waals surface area contributed by atoms with Crippen LogP contribution in [0.25, 0.3) is 10.8 Å². The molecule has 2 aromatic rings. The highest BCUT2D eigenvalue weighted by Crippen LogP contribution is 2.31. The van der Waals surface area contributed by atoms with Crippen molar-refractivity contribution in [3.8, 4) is 0 Å². The number of hydrogen-bond acceptors (Lipinski definition) is 4. The zero-order chi connectivity index (χ0) is 19.5. The molecule has 3 N–H and O–H groups in total. The van der Waals surface area contributed by atoms with E-state index in [-0.39, 0.29) is 23.8 Å². The molecule has 0 bridgehead atoms. The molecular formula is C22H27N3O2S. The van der Waals surface area contributed by atoms with E-state index in [1.807, 2.05) is 18.2 Å². The maximum absolute atomic E-state index is 13.0. The number of carbonyl (C=O) groups is 2. The fraction of sp³-hybridized carbons (Fsp3) is 0.455. The van der Waals surface area contributed by atoms with E-state index in [0.29, 0.717) is 18.2 Å². The molecule has 2 aliphatic rings. The number of rotatable bonds is 5. The Labute approximate surface area is 170 Å². The van der Waals surface area contributed by atoms with Crippen molar-refractivity contribution in [2.45, 2.75) is 37.8 Å². The molecule has 0 spiro atoms. The maximum Gasteiger partial charge on any atom is 0.244 e. The fourth-order valence-corrected chi connectivity index (χ4v) is 5.42. The molecule has 2 amide bonds. The van der Waals surface area contributed by atoms with Gasteiger partial charge in [0.2, 0.25) is 11.8 Å². The van der Waals surface area contributed by atoms with Crippen LogP contribution in [0.2, 0.25) is 0 Å². The van der Waals surface area contributed by atoms with Gasteiger partial charge in [-0.2, -0.15) is 0 Å². The summed E-state index contributed by atoms with van der Waals surface area (Å²) >= 11 is 1.65. The molecule has 0 radical (unpaired) electrons. The smallest absolute Gasteiger partial charge is 0.244 e. The first-order valence-electron chi connectivity index (χ1n) is 10.0. The number of amides is 2.